The molecule has 0 aliphatic heterocycles. The van der Waals surface area contributed by atoms with Gasteiger partial charge in [-0.05, 0) is 11.8 Å². The summed E-state index contributed by atoms with van der Waals surface area (Å²) >= 11 is 4.09. The number of halogens is 1. The van der Waals surface area contributed by atoms with E-state index in [4.69, 9.17) is 29.4 Å². The van der Waals surface area contributed by atoms with Crippen molar-refractivity contribution in [2.75, 3.05) is 0 Å². The summed E-state index contributed by atoms with van der Waals surface area (Å²) in [6, 6.07) is 0. The molecule has 144 valence electrons. The molecule has 1 rings (SSSR count). The van der Waals surface area contributed by atoms with Crippen LogP contribution in [0.25, 0.3) is 0 Å². The number of aliphatic hydroxyl groups excluding tert-OH is 2. The average Bonchev–Trinajstić information content (AvgIpc) is 2.32. The Morgan fingerprint density at radius 3 is 1.54 bits per heavy atom. The van der Waals surface area contributed by atoms with Gasteiger partial charge in [0, 0.05) is 0 Å². The number of phosphoric ester groups is 2. The molecule has 0 aromatic heterocycles. The monoisotopic (exact) mass is 438 g/mol. The first kappa shape index (κ1) is 22.6. The van der Waals surface area contributed by atoms with Crippen LogP contribution >= 0.6 is 22.4 Å². The van der Waals surface area contributed by atoms with Crippen LogP contribution in [0.4, 0.5) is 4.39 Å². The number of hydrogen-bond donors (Lipinski definition) is 8. The van der Waals surface area contributed by atoms with Crippen molar-refractivity contribution in [2.24, 2.45) is 0 Å². The van der Waals surface area contributed by atoms with E-state index in [9.17, 15) is 23.7 Å². The lowest BCUT2D eigenvalue weighted by Crippen LogP contribution is -2.63. The summed E-state index contributed by atoms with van der Waals surface area (Å²) in [5, 5.41) is 19.5. The van der Waals surface area contributed by atoms with Crippen molar-refractivity contribution in [1.29, 1.82) is 0 Å². The van der Waals surface area contributed by atoms with Gasteiger partial charge in [-0.2, -0.15) is 0 Å². The summed E-state index contributed by atoms with van der Waals surface area (Å²) in [7, 11) is -10.8. The van der Waals surface area contributed by atoms with Crippen LogP contribution < -0.4 is 0 Å². The fourth-order valence-electron chi connectivity index (χ4n) is 1.98. The summed E-state index contributed by atoms with van der Waals surface area (Å²) in [6.45, 7) is -4.66. The van der Waals surface area contributed by atoms with Crippen LogP contribution in [-0.4, -0.2) is 76.3 Å². The number of hydrogen-bond acceptors (Lipinski definition) is 8. The van der Waals surface area contributed by atoms with Gasteiger partial charge in [-0.15, -0.1) is 0 Å². The van der Waals surface area contributed by atoms with Gasteiger partial charge in [0.05, 0.1) is 0 Å². The van der Waals surface area contributed by atoms with Gasteiger partial charge in [-0.3, -0.25) is 13.6 Å². The average molecular weight is 438 g/mol. The number of alkyl halides is 1. The molecule has 1 aliphatic rings. The van der Waals surface area contributed by atoms with E-state index in [1.807, 2.05) is 0 Å². The maximum absolute atomic E-state index is 14.2. The summed E-state index contributed by atoms with van der Waals surface area (Å²) < 4.78 is 48.2. The Morgan fingerprint density at radius 2 is 1.17 bits per heavy atom. The zero-order valence-corrected chi connectivity index (χ0v) is 14.7. The molecule has 0 aromatic carbocycles. The van der Waals surface area contributed by atoms with Gasteiger partial charge in [-0.25, -0.2) is 13.5 Å². The highest BCUT2D eigenvalue weighted by Gasteiger charge is 2.56. The smallest absolute Gasteiger partial charge is 0.387 e. The lowest BCUT2D eigenvalue weighted by molar-refractivity contribution is -0.194. The van der Waals surface area contributed by atoms with E-state index in [0.29, 0.717) is 0 Å². The molecule has 0 amide bonds. The molecular weight excluding hydrogens is 424 g/mol. The molecule has 24 heavy (non-hydrogen) atoms. The molecule has 0 radical (unpaired) electrons. The van der Waals surface area contributed by atoms with Crippen LogP contribution in [0.3, 0.4) is 0 Å². The predicted octanol–water partition coefficient (Wildman–Crippen LogP) is -2.39. The lowest BCUT2D eigenvalue weighted by atomic mass is 9.86. The first-order chi connectivity index (χ1) is 10.5. The molecular formula is C6H14FO13P3S. The van der Waals surface area contributed by atoms with Gasteiger partial charge >= 0.3 is 22.4 Å². The fourth-order valence-corrected chi connectivity index (χ4v) is 3.96. The number of rotatable bonds is 6. The largest absolute Gasteiger partial charge is 0.470 e. The first-order valence-electron chi connectivity index (χ1n) is 5.74. The van der Waals surface area contributed by atoms with E-state index in [-0.39, 0.29) is 0 Å². The molecule has 1 aliphatic carbocycles. The lowest BCUT2D eigenvalue weighted by Gasteiger charge is -2.43. The number of phosphoric acid groups is 2. The molecule has 0 aromatic rings. The van der Waals surface area contributed by atoms with Crippen molar-refractivity contribution in [1.82, 2.24) is 0 Å². The Morgan fingerprint density at radius 1 is 0.750 bits per heavy atom. The maximum Gasteiger partial charge on any atom is 0.470 e. The molecule has 0 unspecified atom stereocenters. The van der Waals surface area contributed by atoms with Gasteiger partial charge in [0.2, 0.25) is 0 Å². The van der Waals surface area contributed by atoms with Crippen LogP contribution in [0, 0.1) is 0 Å². The molecule has 0 bridgehead atoms. The Balaban J connectivity index is 3.23. The van der Waals surface area contributed by atoms with Crippen LogP contribution in [0.2, 0.25) is 0 Å². The summed E-state index contributed by atoms with van der Waals surface area (Å²) in [4.78, 5) is 53.1. The van der Waals surface area contributed by atoms with Crippen molar-refractivity contribution < 1.29 is 66.7 Å². The first-order valence-corrected chi connectivity index (χ1v) is 11.4. The standard InChI is InChI=1S/C6H14FO13P3S/c7-1-2(8)5(19-22(13,14)15)3(9)6(20-23(16,17)24)4(1)18-21(10,11)12/h1-6,8-9H,(H2,10,11,12)(H2,13,14,15)(H2,16,17,24)/t1-,2+,3-,4+,5+,6+/m0/s1. The number of aliphatic hydroxyl groups is 2. The summed E-state index contributed by atoms with van der Waals surface area (Å²) in [5.74, 6) is 0. The van der Waals surface area contributed by atoms with Gasteiger partial charge in [0.15, 0.2) is 6.17 Å². The molecule has 13 nitrogen and oxygen atoms in total. The Kier molecular flexibility index (Phi) is 7.25. The van der Waals surface area contributed by atoms with Crippen LogP contribution in [0.15, 0.2) is 0 Å². The van der Waals surface area contributed by atoms with Crippen molar-refractivity contribution >= 4 is 34.2 Å². The van der Waals surface area contributed by atoms with Gasteiger partial charge in [-0.1, -0.05) is 0 Å². The third-order valence-electron chi connectivity index (χ3n) is 2.75. The predicted molar refractivity (Wildman–Crippen MR) is 74.3 cm³/mol. The minimum Gasteiger partial charge on any atom is -0.387 e. The van der Waals surface area contributed by atoms with Gasteiger partial charge in [0.25, 0.3) is 0 Å². The highest BCUT2D eigenvalue weighted by Crippen LogP contribution is 2.49. The van der Waals surface area contributed by atoms with E-state index < -0.39 is 59.1 Å². The second kappa shape index (κ2) is 7.69. The van der Waals surface area contributed by atoms with Crippen molar-refractivity contribution in [2.45, 2.75) is 36.7 Å². The van der Waals surface area contributed by atoms with E-state index in [0.717, 1.165) is 0 Å². The van der Waals surface area contributed by atoms with Gasteiger partial charge in [0.1, 0.15) is 30.5 Å². The SMILES string of the molecule is O=P(O)(O)O[C@@H]1[C@H](O)[C@H](F)[C@@H](OP(=O)(O)O)[C@H](OP(O)(O)=S)[C@H]1O. The Labute approximate surface area is 138 Å². The molecule has 0 heterocycles. The van der Waals surface area contributed by atoms with Crippen LogP contribution in [0.5, 0.6) is 0 Å². The van der Waals surface area contributed by atoms with E-state index >= 15 is 0 Å². The topological polar surface area (TPSA) is 224 Å². The van der Waals surface area contributed by atoms with Crippen molar-refractivity contribution in [3.8, 4) is 0 Å². The zero-order chi connectivity index (χ0) is 19.1. The van der Waals surface area contributed by atoms with Gasteiger partial charge < -0.3 is 39.6 Å². The van der Waals surface area contributed by atoms with Crippen LogP contribution in [-0.2, 0) is 34.5 Å². The minimum atomic E-state index is -5.41. The highest BCUT2D eigenvalue weighted by molar-refractivity contribution is 8.06. The molecule has 0 saturated heterocycles. The molecule has 1 fully saturated rings. The minimum absolute atomic E-state index is 2.34. The van der Waals surface area contributed by atoms with E-state index in [2.05, 4.69) is 25.4 Å². The van der Waals surface area contributed by atoms with Crippen molar-refractivity contribution in [3.63, 3.8) is 0 Å². The van der Waals surface area contributed by atoms with E-state index in [1.54, 1.807) is 0 Å². The zero-order valence-electron chi connectivity index (χ0n) is 11.2. The maximum atomic E-state index is 14.2. The highest BCUT2D eigenvalue weighted by atomic mass is 32.5. The summed E-state index contributed by atoms with van der Waals surface area (Å²) in [5.41, 5.74) is 0. The molecule has 1 saturated carbocycles. The van der Waals surface area contributed by atoms with Crippen LogP contribution in [0.1, 0.15) is 0 Å². The quantitative estimate of drug-likeness (QED) is 0.203. The second-order valence-corrected chi connectivity index (χ2v) is 9.61. The van der Waals surface area contributed by atoms with Crippen molar-refractivity contribution in [3.05, 3.63) is 0 Å². The molecule has 18 heteroatoms. The third-order valence-corrected chi connectivity index (χ3v) is 4.56. The molecule has 6 atom stereocenters. The normalized spacial score (nSPS) is 35.9. The van der Waals surface area contributed by atoms with E-state index in [1.165, 1.54) is 0 Å². The fraction of sp³-hybridized carbons (Fsp3) is 1.00. The molecule has 0 spiro atoms. The Bertz CT molecular complexity index is 584. The second-order valence-electron chi connectivity index (χ2n) is 4.61. The summed E-state index contributed by atoms with van der Waals surface area (Å²) in [6.07, 6.45) is -14.9. The third kappa shape index (κ3) is 6.72. The Hall–Kier alpha value is 0.600. The molecule has 8 N–H and O–H groups in total.